The highest BCUT2D eigenvalue weighted by Crippen LogP contribution is 2.28. The standard InChI is InChI=1S/C20H23N3O3S/c21-18(24)13-26-15-10-7-14(8-11-15)9-12-19(25)23-20-22-16-5-3-1-2-4-6-17(16)27-20/h7-12H,1-6,13H2,(H2,21,24)(H,22,23,25)/b12-9+. The van der Waals surface area contributed by atoms with Gasteiger partial charge in [-0.15, -0.1) is 11.3 Å². The van der Waals surface area contributed by atoms with Crippen molar-refractivity contribution < 1.29 is 14.3 Å². The van der Waals surface area contributed by atoms with Gasteiger partial charge in [0.15, 0.2) is 11.7 Å². The van der Waals surface area contributed by atoms with Crippen molar-refractivity contribution in [3.8, 4) is 5.75 Å². The summed E-state index contributed by atoms with van der Waals surface area (Å²) in [4.78, 5) is 28.8. The van der Waals surface area contributed by atoms with Crippen LogP contribution in [0.1, 0.15) is 41.8 Å². The first kappa shape index (κ1) is 19.1. The number of hydrogen-bond acceptors (Lipinski definition) is 5. The number of carbonyl (C=O) groups excluding carboxylic acids is 2. The first-order valence-corrected chi connectivity index (χ1v) is 9.90. The lowest BCUT2D eigenvalue weighted by Gasteiger charge is -2.06. The monoisotopic (exact) mass is 385 g/mol. The molecule has 1 aliphatic rings. The topological polar surface area (TPSA) is 94.3 Å². The molecule has 0 unspecified atom stereocenters. The maximum Gasteiger partial charge on any atom is 0.255 e. The number of amides is 2. The zero-order valence-corrected chi connectivity index (χ0v) is 15.9. The second-order valence-corrected chi connectivity index (χ2v) is 7.53. The number of aromatic nitrogens is 1. The van der Waals surface area contributed by atoms with Crippen LogP contribution < -0.4 is 15.8 Å². The van der Waals surface area contributed by atoms with E-state index in [0.717, 1.165) is 24.1 Å². The Balaban J connectivity index is 1.55. The minimum absolute atomic E-state index is 0.157. The molecule has 0 radical (unpaired) electrons. The summed E-state index contributed by atoms with van der Waals surface area (Å²) in [5, 5.41) is 3.53. The average molecular weight is 385 g/mol. The van der Waals surface area contributed by atoms with E-state index in [1.807, 2.05) is 0 Å². The summed E-state index contributed by atoms with van der Waals surface area (Å²) in [5.41, 5.74) is 7.03. The average Bonchev–Trinajstić information content (AvgIpc) is 2.99. The number of nitrogens with zero attached hydrogens (tertiary/aromatic N) is 1. The fourth-order valence-corrected chi connectivity index (χ4v) is 3.96. The van der Waals surface area contributed by atoms with Gasteiger partial charge in [0, 0.05) is 11.0 Å². The molecule has 6 nitrogen and oxygen atoms in total. The van der Waals surface area contributed by atoms with Crippen LogP contribution in [-0.2, 0) is 22.4 Å². The Hall–Kier alpha value is -2.67. The Bertz CT molecular complexity index is 802. The number of aryl methyl sites for hydroxylation is 2. The number of nitrogens with two attached hydrogens (primary N) is 1. The summed E-state index contributed by atoms with van der Waals surface area (Å²) in [6.07, 6.45) is 10.2. The fraction of sp³-hybridized carbons (Fsp3) is 0.350. The zero-order chi connectivity index (χ0) is 19.1. The number of hydrogen-bond donors (Lipinski definition) is 2. The summed E-state index contributed by atoms with van der Waals surface area (Å²) >= 11 is 1.59. The molecule has 2 amide bonds. The number of fused-ring (bicyclic) bond motifs is 1. The van der Waals surface area contributed by atoms with Crippen LogP contribution in [0.15, 0.2) is 30.3 Å². The lowest BCUT2D eigenvalue weighted by Crippen LogP contribution is -2.19. The maximum atomic E-state index is 12.2. The number of primary amides is 1. The smallest absolute Gasteiger partial charge is 0.255 e. The second-order valence-electron chi connectivity index (χ2n) is 6.45. The quantitative estimate of drug-likeness (QED) is 0.746. The van der Waals surface area contributed by atoms with E-state index in [2.05, 4.69) is 10.3 Å². The van der Waals surface area contributed by atoms with E-state index in [-0.39, 0.29) is 12.5 Å². The van der Waals surface area contributed by atoms with Crippen LogP contribution in [-0.4, -0.2) is 23.4 Å². The molecule has 3 rings (SSSR count). The molecule has 1 heterocycles. The minimum Gasteiger partial charge on any atom is -0.484 e. The largest absolute Gasteiger partial charge is 0.484 e. The molecule has 3 N–H and O–H groups in total. The molecule has 1 aromatic carbocycles. The zero-order valence-electron chi connectivity index (χ0n) is 15.1. The van der Waals surface area contributed by atoms with Gasteiger partial charge in [0.1, 0.15) is 5.75 Å². The summed E-state index contributed by atoms with van der Waals surface area (Å²) in [6, 6.07) is 7.05. The van der Waals surface area contributed by atoms with Gasteiger partial charge in [0.2, 0.25) is 5.91 Å². The highest BCUT2D eigenvalue weighted by molar-refractivity contribution is 7.15. The van der Waals surface area contributed by atoms with E-state index in [1.165, 1.54) is 36.6 Å². The highest BCUT2D eigenvalue weighted by Gasteiger charge is 2.14. The molecule has 0 bridgehead atoms. The molecule has 0 fully saturated rings. The van der Waals surface area contributed by atoms with Gasteiger partial charge in [-0.2, -0.15) is 0 Å². The number of benzene rings is 1. The molecule has 0 spiro atoms. The van der Waals surface area contributed by atoms with E-state index in [1.54, 1.807) is 41.7 Å². The third-order valence-corrected chi connectivity index (χ3v) is 5.34. The van der Waals surface area contributed by atoms with Crippen molar-refractivity contribution in [1.82, 2.24) is 4.98 Å². The Kier molecular flexibility index (Phi) is 6.59. The van der Waals surface area contributed by atoms with Gasteiger partial charge >= 0.3 is 0 Å². The van der Waals surface area contributed by atoms with Crippen LogP contribution in [0.5, 0.6) is 5.75 Å². The maximum absolute atomic E-state index is 12.2. The Labute approximate surface area is 162 Å². The Morgan fingerprint density at radius 2 is 1.89 bits per heavy atom. The molecule has 0 saturated heterocycles. The third kappa shape index (κ3) is 5.92. The number of thiazole rings is 1. The number of carbonyl (C=O) groups is 2. The van der Waals surface area contributed by atoms with Crippen LogP contribution in [0.2, 0.25) is 0 Å². The Morgan fingerprint density at radius 1 is 1.15 bits per heavy atom. The summed E-state index contributed by atoms with van der Waals surface area (Å²) in [7, 11) is 0. The van der Waals surface area contributed by atoms with Gasteiger partial charge in [0.05, 0.1) is 5.69 Å². The van der Waals surface area contributed by atoms with Gasteiger partial charge in [-0.05, 0) is 49.5 Å². The molecule has 142 valence electrons. The Morgan fingerprint density at radius 3 is 2.63 bits per heavy atom. The van der Waals surface area contributed by atoms with Crippen LogP contribution in [0.25, 0.3) is 6.08 Å². The lowest BCUT2D eigenvalue weighted by molar-refractivity contribution is -0.120. The van der Waals surface area contributed by atoms with Gasteiger partial charge in [-0.25, -0.2) is 4.98 Å². The van der Waals surface area contributed by atoms with E-state index in [4.69, 9.17) is 10.5 Å². The fourth-order valence-electron chi connectivity index (χ4n) is 2.91. The van der Waals surface area contributed by atoms with E-state index in [9.17, 15) is 9.59 Å². The van der Waals surface area contributed by atoms with Crippen molar-refractivity contribution >= 4 is 34.4 Å². The summed E-state index contributed by atoms with van der Waals surface area (Å²) in [6.45, 7) is -0.157. The first-order valence-electron chi connectivity index (χ1n) is 9.09. The SMILES string of the molecule is NC(=O)COc1ccc(/C=C/C(=O)Nc2nc3c(s2)CCCCCC3)cc1. The van der Waals surface area contributed by atoms with Gasteiger partial charge in [-0.1, -0.05) is 25.0 Å². The number of rotatable bonds is 6. The molecule has 7 heteroatoms. The summed E-state index contributed by atoms with van der Waals surface area (Å²) < 4.78 is 5.20. The predicted octanol–water partition coefficient (Wildman–Crippen LogP) is 3.32. The molecule has 0 atom stereocenters. The molecule has 0 saturated carbocycles. The normalized spacial score (nSPS) is 14.2. The molecule has 1 aliphatic carbocycles. The molecule has 27 heavy (non-hydrogen) atoms. The predicted molar refractivity (Wildman–Crippen MR) is 107 cm³/mol. The number of ether oxygens (including phenoxy) is 1. The molecular weight excluding hydrogens is 362 g/mol. The number of anilines is 1. The van der Waals surface area contributed by atoms with E-state index >= 15 is 0 Å². The van der Waals surface area contributed by atoms with Gasteiger partial charge < -0.3 is 10.5 Å². The first-order chi connectivity index (χ1) is 13.1. The molecule has 1 aromatic heterocycles. The molecule has 2 aromatic rings. The third-order valence-electron chi connectivity index (χ3n) is 4.26. The molecular formula is C20H23N3O3S. The highest BCUT2D eigenvalue weighted by atomic mass is 32.1. The van der Waals surface area contributed by atoms with Crippen LogP contribution in [0.4, 0.5) is 5.13 Å². The van der Waals surface area contributed by atoms with Crippen molar-refractivity contribution in [2.45, 2.75) is 38.5 Å². The van der Waals surface area contributed by atoms with Crippen molar-refractivity contribution in [1.29, 1.82) is 0 Å². The van der Waals surface area contributed by atoms with Gasteiger partial charge in [0.25, 0.3) is 5.91 Å². The van der Waals surface area contributed by atoms with Gasteiger partial charge in [-0.3, -0.25) is 14.9 Å². The van der Waals surface area contributed by atoms with E-state index < -0.39 is 5.91 Å². The van der Waals surface area contributed by atoms with Crippen LogP contribution in [0.3, 0.4) is 0 Å². The summed E-state index contributed by atoms with van der Waals surface area (Å²) in [5.74, 6) is -0.174. The molecule has 0 aliphatic heterocycles. The van der Waals surface area contributed by atoms with Crippen molar-refractivity contribution in [2.24, 2.45) is 5.73 Å². The van der Waals surface area contributed by atoms with Crippen molar-refractivity contribution in [2.75, 3.05) is 11.9 Å². The van der Waals surface area contributed by atoms with Crippen molar-refractivity contribution in [3.63, 3.8) is 0 Å². The lowest BCUT2D eigenvalue weighted by atomic mass is 10.0. The van der Waals surface area contributed by atoms with Crippen LogP contribution >= 0.6 is 11.3 Å². The van der Waals surface area contributed by atoms with Crippen LogP contribution in [0, 0.1) is 0 Å². The number of nitrogens with one attached hydrogen (secondary N) is 1. The minimum atomic E-state index is -0.522. The second kappa shape index (κ2) is 9.32. The van der Waals surface area contributed by atoms with E-state index in [0.29, 0.717) is 10.9 Å². The van der Waals surface area contributed by atoms with Crippen molar-refractivity contribution in [3.05, 3.63) is 46.5 Å².